The van der Waals surface area contributed by atoms with Crippen LogP contribution in [-0.2, 0) is 6.42 Å². The second-order valence-corrected chi connectivity index (χ2v) is 5.12. The second-order valence-electron chi connectivity index (χ2n) is 5.12. The molecule has 6 nitrogen and oxygen atoms in total. The van der Waals surface area contributed by atoms with Crippen molar-refractivity contribution < 1.29 is 23.4 Å². The van der Waals surface area contributed by atoms with Gasteiger partial charge in [-0.3, -0.25) is 4.79 Å². The summed E-state index contributed by atoms with van der Waals surface area (Å²) in [5, 5.41) is 2.94. The molecule has 23 heavy (non-hydrogen) atoms. The molecular weight excluding hydrogens is 298 g/mol. The summed E-state index contributed by atoms with van der Waals surface area (Å²) in [5.74, 6) is 1.14. The van der Waals surface area contributed by atoms with Gasteiger partial charge in [0.05, 0.1) is 33.9 Å². The number of methoxy groups -OCH3 is 3. The van der Waals surface area contributed by atoms with E-state index in [9.17, 15) is 4.79 Å². The first-order valence-electron chi connectivity index (χ1n) is 7.21. The van der Waals surface area contributed by atoms with Crippen molar-refractivity contribution in [1.29, 1.82) is 0 Å². The van der Waals surface area contributed by atoms with Gasteiger partial charge in [0, 0.05) is 11.6 Å². The third kappa shape index (κ3) is 3.97. The fourth-order valence-electron chi connectivity index (χ4n) is 2.33. The Morgan fingerprint density at radius 1 is 1.17 bits per heavy atom. The van der Waals surface area contributed by atoms with Crippen LogP contribution in [0.4, 0.5) is 0 Å². The van der Waals surface area contributed by atoms with E-state index in [1.807, 2.05) is 13.0 Å². The maximum absolute atomic E-state index is 12.4. The van der Waals surface area contributed by atoms with Gasteiger partial charge in [-0.05, 0) is 37.1 Å². The highest BCUT2D eigenvalue weighted by Gasteiger charge is 2.18. The van der Waals surface area contributed by atoms with Gasteiger partial charge in [0.25, 0.3) is 5.91 Å². The van der Waals surface area contributed by atoms with Crippen LogP contribution in [0.2, 0.25) is 0 Å². The van der Waals surface area contributed by atoms with Crippen molar-refractivity contribution in [3.8, 4) is 17.2 Å². The molecule has 0 saturated carbocycles. The largest absolute Gasteiger partial charge is 0.493 e. The van der Waals surface area contributed by atoms with Crippen LogP contribution in [0.3, 0.4) is 0 Å². The van der Waals surface area contributed by atoms with Gasteiger partial charge in [-0.25, -0.2) is 0 Å². The summed E-state index contributed by atoms with van der Waals surface area (Å²) in [6.07, 6.45) is 3.97. The van der Waals surface area contributed by atoms with E-state index in [2.05, 4.69) is 5.32 Å². The van der Waals surface area contributed by atoms with Crippen molar-refractivity contribution >= 4 is 5.91 Å². The summed E-state index contributed by atoms with van der Waals surface area (Å²) in [6, 6.07) is 5.09. The van der Waals surface area contributed by atoms with E-state index in [0.29, 0.717) is 29.2 Å². The fraction of sp³-hybridized carbons (Fsp3) is 0.353. The maximum Gasteiger partial charge on any atom is 0.251 e. The van der Waals surface area contributed by atoms with Crippen LogP contribution >= 0.6 is 0 Å². The van der Waals surface area contributed by atoms with Gasteiger partial charge >= 0.3 is 0 Å². The standard InChI is InChI=1S/C17H21NO5/c1-11(7-12-5-6-23-10-12)18-17(19)13-8-14(20-2)16(22-4)15(9-13)21-3/h5-6,8-11H,7H2,1-4H3,(H,18,19). The molecule has 0 aliphatic carbocycles. The number of amides is 1. The Bertz CT molecular complexity index is 626. The lowest BCUT2D eigenvalue weighted by atomic mass is 10.1. The summed E-state index contributed by atoms with van der Waals surface area (Å²) in [6.45, 7) is 1.93. The van der Waals surface area contributed by atoms with Crippen LogP contribution < -0.4 is 19.5 Å². The molecule has 0 radical (unpaired) electrons. The van der Waals surface area contributed by atoms with E-state index in [0.717, 1.165) is 5.56 Å². The molecule has 0 spiro atoms. The molecule has 1 heterocycles. The molecule has 1 unspecified atom stereocenters. The molecule has 0 fully saturated rings. The van der Waals surface area contributed by atoms with Crippen molar-refractivity contribution in [2.45, 2.75) is 19.4 Å². The highest BCUT2D eigenvalue weighted by molar-refractivity contribution is 5.95. The fourth-order valence-corrected chi connectivity index (χ4v) is 2.33. The number of carbonyl (C=O) groups excluding carboxylic acids is 1. The Hall–Kier alpha value is -2.63. The van der Waals surface area contributed by atoms with Gasteiger partial charge in [-0.1, -0.05) is 0 Å². The first-order chi connectivity index (χ1) is 11.1. The van der Waals surface area contributed by atoms with Gasteiger partial charge in [0.2, 0.25) is 5.75 Å². The predicted molar refractivity (Wildman–Crippen MR) is 85.4 cm³/mol. The smallest absolute Gasteiger partial charge is 0.251 e. The molecule has 1 amide bonds. The van der Waals surface area contributed by atoms with Gasteiger partial charge in [0.15, 0.2) is 11.5 Å². The van der Waals surface area contributed by atoms with Gasteiger partial charge < -0.3 is 23.9 Å². The van der Waals surface area contributed by atoms with Gasteiger partial charge in [-0.15, -0.1) is 0 Å². The molecule has 0 aliphatic rings. The van der Waals surface area contributed by atoms with E-state index in [-0.39, 0.29) is 11.9 Å². The lowest BCUT2D eigenvalue weighted by molar-refractivity contribution is 0.0939. The Balaban J connectivity index is 2.15. The van der Waals surface area contributed by atoms with Crippen molar-refractivity contribution in [2.75, 3.05) is 21.3 Å². The molecule has 1 N–H and O–H groups in total. The molecule has 0 aliphatic heterocycles. The SMILES string of the molecule is COc1cc(C(=O)NC(C)Cc2ccoc2)cc(OC)c1OC. The molecular formula is C17H21NO5. The Morgan fingerprint density at radius 3 is 2.30 bits per heavy atom. The van der Waals surface area contributed by atoms with E-state index in [1.54, 1.807) is 24.7 Å². The number of hydrogen-bond donors (Lipinski definition) is 1. The zero-order valence-electron chi connectivity index (χ0n) is 13.7. The molecule has 2 aromatic rings. The molecule has 2 rings (SSSR count). The number of nitrogens with one attached hydrogen (secondary N) is 1. The first kappa shape index (κ1) is 16.7. The van der Waals surface area contributed by atoms with Crippen LogP contribution in [-0.4, -0.2) is 33.3 Å². The lowest BCUT2D eigenvalue weighted by Crippen LogP contribution is -2.34. The zero-order chi connectivity index (χ0) is 16.8. The first-order valence-corrected chi connectivity index (χ1v) is 7.21. The summed E-state index contributed by atoms with van der Waals surface area (Å²) in [5.41, 5.74) is 1.47. The van der Waals surface area contributed by atoms with E-state index in [4.69, 9.17) is 18.6 Å². The predicted octanol–water partition coefficient (Wildman–Crippen LogP) is 2.67. The van der Waals surface area contributed by atoms with Crippen molar-refractivity contribution in [3.05, 3.63) is 41.9 Å². The van der Waals surface area contributed by atoms with Gasteiger partial charge in [0.1, 0.15) is 0 Å². The molecule has 1 atom stereocenters. The van der Waals surface area contributed by atoms with Crippen LogP contribution in [0.25, 0.3) is 0 Å². The number of benzene rings is 1. The van der Waals surface area contributed by atoms with Crippen molar-refractivity contribution in [3.63, 3.8) is 0 Å². The van der Waals surface area contributed by atoms with Crippen molar-refractivity contribution in [1.82, 2.24) is 5.32 Å². The minimum Gasteiger partial charge on any atom is -0.493 e. The second kappa shape index (κ2) is 7.58. The average Bonchev–Trinajstić information content (AvgIpc) is 3.05. The Kier molecular flexibility index (Phi) is 5.51. The number of ether oxygens (including phenoxy) is 3. The maximum atomic E-state index is 12.4. The number of furan rings is 1. The topological polar surface area (TPSA) is 69.9 Å². The van der Waals surface area contributed by atoms with Crippen LogP contribution in [0.1, 0.15) is 22.8 Å². The average molecular weight is 319 g/mol. The molecule has 1 aromatic heterocycles. The normalized spacial score (nSPS) is 11.7. The van der Waals surface area contributed by atoms with E-state index >= 15 is 0 Å². The quantitative estimate of drug-likeness (QED) is 0.849. The third-order valence-electron chi connectivity index (χ3n) is 3.43. The Morgan fingerprint density at radius 2 is 1.83 bits per heavy atom. The molecule has 1 aromatic carbocycles. The summed E-state index contributed by atoms with van der Waals surface area (Å²) >= 11 is 0. The van der Waals surface area contributed by atoms with Crippen molar-refractivity contribution in [2.24, 2.45) is 0 Å². The summed E-state index contributed by atoms with van der Waals surface area (Å²) < 4.78 is 20.8. The van der Waals surface area contributed by atoms with E-state index in [1.165, 1.54) is 21.3 Å². The zero-order valence-corrected chi connectivity index (χ0v) is 13.7. The minimum absolute atomic E-state index is 0.0424. The molecule has 6 heteroatoms. The van der Waals surface area contributed by atoms with E-state index < -0.39 is 0 Å². The van der Waals surface area contributed by atoms with Gasteiger partial charge in [-0.2, -0.15) is 0 Å². The minimum atomic E-state index is -0.208. The molecule has 124 valence electrons. The summed E-state index contributed by atoms with van der Waals surface area (Å²) in [7, 11) is 4.55. The monoisotopic (exact) mass is 319 g/mol. The lowest BCUT2D eigenvalue weighted by Gasteiger charge is -2.16. The highest BCUT2D eigenvalue weighted by atomic mass is 16.5. The number of hydrogen-bond acceptors (Lipinski definition) is 5. The molecule has 0 bridgehead atoms. The number of carbonyl (C=O) groups is 1. The Labute approximate surface area is 135 Å². The summed E-state index contributed by atoms with van der Waals surface area (Å²) in [4.78, 5) is 12.4. The van der Waals surface area contributed by atoms with Crippen LogP contribution in [0.5, 0.6) is 17.2 Å². The van der Waals surface area contributed by atoms with Crippen LogP contribution in [0.15, 0.2) is 35.1 Å². The van der Waals surface area contributed by atoms with Crippen LogP contribution in [0, 0.1) is 0 Å². The molecule has 0 saturated heterocycles. The highest BCUT2D eigenvalue weighted by Crippen LogP contribution is 2.38. The third-order valence-corrected chi connectivity index (χ3v) is 3.43. The number of rotatable bonds is 7.